The Kier molecular flexibility index (Phi) is 12.3. The van der Waals surface area contributed by atoms with Gasteiger partial charge in [0.15, 0.2) is 5.78 Å². The minimum atomic E-state index is -4.20. The predicted molar refractivity (Wildman–Crippen MR) is 222 cm³/mol. The van der Waals surface area contributed by atoms with E-state index in [1.807, 2.05) is 40.7 Å². The number of esters is 1. The van der Waals surface area contributed by atoms with E-state index in [2.05, 4.69) is 4.72 Å². The number of ether oxygens (including phenoxy) is 3. The fourth-order valence-corrected chi connectivity index (χ4v) is 11.5. The highest BCUT2D eigenvalue weighted by Crippen LogP contribution is 2.59. The van der Waals surface area contributed by atoms with Crippen LogP contribution in [-0.2, 0) is 40.4 Å². The summed E-state index contributed by atoms with van der Waals surface area (Å²) in [6.45, 7) is 10.7. The molecule has 13 nitrogen and oxygen atoms in total. The molecule has 1 aromatic heterocycles. The van der Waals surface area contributed by atoms with Crippen molar-refractivity contribution in [3.8, 4) is 11.6 Å². The van der Waals surface area contributed by atoms with Crippen molar-refractivity contribution in [2.45, 2.75) is 160 Å². The van der Waals surface area contributed by atoms with Crippen LogP contribution in [0.25, 0.3) is 11.0 Å². The predicted octanol–water partition coefficient (Wildman–Crippen LogP) is 7.12. The Balaban J connectivity index is 1.29. The molecule has 0 spiro atoms. The van der Waals surface area contributed by atoms with E-state index in [0.29, 0.717) is 54.6 Å². The Hall–Kier alpha value is -3.95. The summed E-state index contributed by atoms with van der Waals surface area (Å²) in [6.07, 6.45) is 2.36. The smallest absolute Gasteiger partial charge is 0.307 e. The molecule has 3 aliphatic carbocycles. The van der Waals surface area contributed by atoms with Crippen molar-refractivity contribution in [3.63, 3.8) is 0 Å². The number of aryl methyl sites for hydroxylation is 1. The van der Waals surface area contributed by atoms with Gasteiger partial charge in [0.25, 0.3) is 0 Å². The molecule has 0 radical (unpaired) electrons. The normalized spacial score (nSPS) is 31.9. The third-order valence-corrected chi connectivity index (χ3v) is 16.8. The second kappa shape index (κ2) is 16.6. The molecular formula is C45H62F2N4O9S. The molecule has 61 heavy (non-hydrogen) atoms. The molecule has 2 bridgehead atoms. The van der Waals surface area contributed by atoms with Crippen molar-refractivity contribution in [2.24, 2.45) is 34.5 Å². The number of Topliss-reactive ketones (excluding diaryl/α,β-unsaturated/α-hetero) is 1. The van der Waals surface area contributed by atoms with E-state index < -0.39 is 97.5 Å². The summed E-state index contributed by atoms with van der Waals surface area (Å²) < 4.78 is 74.7. The summed E-state index contributed by atoms with van der Waals surface area (Å²) in [6, 6.07) is 4.13. The van der Waals surface area contributed by atoms with Crippen LogP contribution < -0.4 is 14.2 Å². The maximum atomic E-state index is 15.1. The summed E-state index contributed by atoms with van der Waals surface area (Å²) in [4.78, 5) is 69.2. The maximum absolute atomic E-state index is 15.1. The highest BCUT2D eigenvalue weighted by atomic mass is 32.2. The van der Waals surface area contributed by atoms with Gasteiger partial charge in [0, 0.05) is 24.3 Å². The van der Waals surface area contributed by atoms with Crippen LogP contribution in [-0.4, -0.2) is 89.4 Å². The van der Waals surface area contributed by atoms with Crippen LogP contribution in [0, 0.1) is 34.5 Å². The molecule has 3 saturated carbocycles. The van der Waals surface area contributed by atoms with Gasteiger partial charge in [-0.25, -0.2) is 27.2 Å². The summed E-state index contributed by atoms with van der Waals surface area (Å²) in [5, 5.41) is 0. The zero-order chi connectivity index (χ0) is 44.3. The number of fused-ring (bicyclic) bond motifs is 5. The number of aromatic nitrogens is 2. The Morgan fingerprint density at radius 3 is 2.39 bits per heavy atom. The lowest BCUT2D eigenvalue weighted by Crippen LogP contribution is -2.50. The number of methoxy groups -OCH3 is 1. The van der Waals surface area contributed by atoms with Gasteiger partial charge in [-0.3, -0.25) is 23.9 Å². The van der Waals surface area contributed by atoms with Crippen LogP contribution in [0.4, 0.5) is 8.78 Å². The van der Waals surface area contributed by atoms with Crippen LogP contribution in [0.5, 0.6) is 11.6 Å². The standard InChI is InChI=1S/C45H62F2N4O9S/c1-8-28-35-25-51(37(28)34(52)24-45(23-30(45)38(46)47)41(55)50-61(56,57)43(5)19-20-43)40(54)29(42(2,3)4)22-36(53)60-44(6)18-12-14-26(44)13-10-9-11-15-32-39(59-35)49-33-21-27(58-7)16-17-31(33)48-32/h16-17,21,26,28-30,35,37-38H,8-15,18-20,22-25H2,1-7H3,(H,50,55)/t26-,28-,29-,30+,35+,37+,44-,45-/m1/s1. The number of nitrogens with zero attached hydrogens (tertiary/aromatic N) is 3. The van der Waals surface area contributed by atoms with Gasteiger partial charge in [-0.2, -0.15) is 0 Å². The highest BCUT2D eigenvalue weighted by Gasteiger charge is 2.67. The fourth-order valence-electron chi connectivity index (χ4n) is 10.2. The monoisotopic (exact) mass is 872 g/mol. The fraction of sp³-hybridized carbons (Fsp3) is 0.733. The van der Waals surface area contributed by atoms with E-state index in [0.717, 1.165) is 38.5 Å². The number of sulfonamides is 1. The van der Waals surface area contributed by atoms with Crippen molar-refractivity contribution in [1.82, 2.24) is 19.6 Å². The summed E-state index contributed by atoms with van der Waals surface area (Å²) in [5.74, 6) is -5.01. The molecule has 2 aliphatic heterocycles. The van der Waals surface area contributed by atoms with Crippen LogP contribution in [0.1, 0.15) is 131 Å². The number of alkyl halides is 2. The van der Waals surface area contributed by atoms with Crippen LogP contribution >= 0.6 is 0 Å². The van der Waals surface area contributed by atoms with E-state index >= 15 is 4.79 Å². The van der Waals surface area contributed by atoms with Gasteiger partial charge in [-0.15, -0.1) is 0 Å². The number of rotatable bonds is 9. The second-order valence-corrected chi connectivity index (χ2v) is 22.1. The van der Waals surface area contributed by atoms with Gasteiger partial charge in [0.05, 0.1) is 53.2 Å². The number of halogens is 2. The molecule has 1 aromatic carbocycles. The summed E-state index contributed by atoms with van der Waals surface area (Å²) >= 11 is 0. The zero-order valence-corrected chi connectivity index (χ0v) is 37.4. The van der Waals surface area contributed by atoms with Gasteiger partial charge < -0.3 is 19.1 Å². The first-order valence-electron chi connectivity index (χ1n) is 22.1. The van der Waals surface area contributed by atoms with E-state index in [9.17, 15) is 31.6 Å². The quantitative estimate of drug-likeness (QED) is 0.255. The van der Waals surface area contributed by atoms with E-state index in [1.165, 1.54) is 11.8 Å². The summed E-state index contributed by atoms with van der Waals surface area (Å²) in [5.41, 5.74) is -1.68. The molecule has 0 unspecified atom stereocenters. The Bertz CT molecular complexity index is 2160. The minimum absolute atomic E-state index is 0.101. The molecule has 1 N–H and O–H groups in total. The number of carbonyl (C=O) groups excluding carboxylic acids is 4. The SMILES string of the molecule is CC[C@@H]1[C@@H]2CN(C(=O)[C@H](C(C)(C)C)CC(=O)O[C@]3(C)CCC[C@H]3CCCCCc3nc4ccc(OC)cc4nc3O2)[C@@H]1C(=O)C[C@]1(C(=O)NS(=O)(=O)C2(C)CC2)C[C@H]1C(F)F. The molecule has 336 valence electrons. The van der Waals surface area contributed by atoms with Crippen LogP contribution in [0.15, 0.2) is 18.2 Å². The molecule has 8 atom stereocenters. The molecule has 7 rings (SSSR count). The van der Waals surface area contributed by atoms with Crippen LogP contribution in [0.3, 0.4) is 0 Å². The molecule has 2 aromatic rings. The molecule has 4 fully saturated rings. The first-order valence-corrected chi connectivity index (χ1v) is 23.5. The van der Waals surface area contributed by atoms with Crippen molar-refractivity contribution in [1.29, 1.82) is 0 Å². The van der Waals surface area contributed by atoms with Gasteiger partial charge in [-0.05, 0) is 102 Å². The minimum Gasteiger partial charge on any atom is -0.497 e. The van der Waals surface area contributed by atoms with Gasteiger partial charge in [0.1, 0.15) is 23.1 Å². The number of nitrogens with one attached hydrogen (secondary N) is 1. The Morgan fingerprint density at radius 1 is 1.03 bits per heavy atom. The third kappa shape index (κ3) is 8.85. The van der Waals surface area contributed by atoms with E-state index in [1.54, 1.807) is 19.2 Å². The molecule has 1 saturated heterocycles. The largest absolute Gasteiger partial charge is 0.497 e. The average Bonchev–Trinajstić information content (AvgIpc) is 4.05. The zero-order valence-electron chi connectivity index (χ0n) is 36.6. The van der Waals surface area contributed by atoms with Crippen molar-refractivity contribution in [3.05, 3.63) is 23.9 Å². The molecule has 2 amide bonds. The van der Waals surface area contributed by atoms with Gasteiger partial charge in [-0.1, -0.05) is 40.5 Å². The highest BCUT2D eigenvalue weighted by molar-refractivity contribution is 7.91. The van der Waals surface area contributed by atoms with Gasteiger partial charge >= 0.3 is 5.97 Å². The van der Waals surface area contributed by atoms with Crippen LogP contribution in [0.2, 0.25) is 0 Å². The van der Waals surface area contributed by atoms with Gasteiger partial charge in [0.2, 0.25) is 34.1 Å². The number of carbonyl (C=O) groups is 4. The van der Waals surface area contributed by atoms with Crippen molar-refractivity contribution >= 4 is 44.6 Å². The molecular weight excluding hydrogens is 811 g/mol. The average molecular weight is 873 g/mol. The number of ketones is 1. The molecule has 5 aliphatic rings. The lowest BCUT2D eigenvalue weighted by Gasteiger charge is -2.37. The third-order valence-electron chi connectivity index (χ3n) is 14.7. The van der Waals surface area contributed by atoms with Crippen molar-refractivity contribution in [2.75, 3.05) is 13.7 Å². The molecule has 3 heterocycles. The summed E-state index contributed by atoms with van der Waals surface area (Å²) in [7, 11) is -2.65. The van der Waals surface area contributed by atoms with E-state index in [4.69, 9.17) is 24.2 Å². The van der Waals surface area contributed by atoms with E-state index in [-0.39, 0.29) is 31.2 Å². The number of hydrogen-bond acceptors (Lipinski definition) is 11. The number of hydrogen-bond donors (Lipinski definition) is 1. The first-order chi connectivity index (χ1) is 28.6. The lowest BCUT2D eigenvalue weighted by atomic mass is 9.77. The molecule has 16 heteroatoms. The van der Waals surface area contributed by atoms with Crippen molar-refractivity contribution < 1.29 is 50.6 Å². The number of benzene rings is 1. The first kappa shape index (κ1) is 45.1. The number of amides is 2. The topological polar surface area (TPSA) is 171 Å². The second-order valence-electron chi connectivity index (χ2n) is 19.9. The Labute approximate surface area is 357 Å². The lowest BCUT2D eigenvalue weighted by molar-refractivity contribution is -0.167. The Morgan fingerprint density at radius 2 is 1.75 bits per heavy atom. The maximum Gasteiger partial charge on any atom is 0.307 e.